The van der Waals surface area contributed by atoms with Gasteiger partial charge in [0, 0.05) is 30.9 Å². The third-order valence-corrected chi connectivity index (χ3v) is 3.55. The number of hydrogen-bond acceptors (Lipinski definition) is 4. The summed E-state index contributed by atoms with van der Waals surface area (Å²) < 4.78 is 0. The van der Waals surface area contributed by atoms with Crippen molar-refractivity contribution in [2.45, 2.75) is 53.6 Å². The summed E-state index contributed by atoms with van der Waals surface area (Å²) in [6.07, 6.45) is 0. The smallest absolute Gasteiger partial charge is 0.339 e. The largest absolute Gasteiger partial charge is 0.478 e. The van der Waals surface area contributed by atoms with E-state index in [1.54, 1.807) is 13.0 Å². The molecule has 1 aromatic rings. The number of nitrogens with one attached hydrogen (secondary N) is 1. The first-order valence-corrected chi connectivity index (χ1v) is 7.45. The Labute approximate surface area is 127 Å². The van der Waals surface area contributed by atoms with Crippen LogP contribution in [0.15, 0.2) is 6.07 Å². The fourth-order valence-electron chi connectivity index (χ4n) is 2.65. The standard InChI is InChI=1S/C16H27N3O2/c1-10(2)19(11(3)4)8-7-17-15-14(16(20)21)12(5)9-13(6)18-15/h9-11H,7-8H2,1-6H3,(H,17,18)(H,20,21). The lowest BCUT2D eigenvalue weighted by Gasteiger charge is -2.30. The van der Waals surface area contributed by atoms with Gasteiger partial charge in [-0.1, -0.05) is 0 Å². The molecule has 0 aliphatic rings. The van der Waals surface area contributed by atoms with Gasteiger partial charge < -0.3 is 10.4 Å². The zero-order chi connectivity index (χ0) is 16.2. The molecule has 0 atom stereocenters. The molecule has 118 valence electrons. The van der Waals surface area contributed by atoms with Crippen LogP contribution >= 0.6 is 0 Å². The van der Waals surface area contributed by atoms with Crippen LogP contribution in [0.25, 0.3) is 0 Å². The number of aromatic nitrogens is 1. The van der Waals surface area contributed by atoms with Crippen LogP contribution in [0.4, 0.5) is 5.82 Å². The molecule has 0 aromatic carbocycles. The van der Waals surface area contributed by atoms with Crippen LogP contribution in [0.1, 0.15) is 49.3 Å². The summed E-state index contributed by atoms with van der Waals surface area (Å²) in [6, 6.07) is 2.71. The quantitative estimate of drug-likeness (QED) is 0.809. The molecule has 0 saturated heterocycles. The Morgan fingerprint density at radius 2 is 1.86 bits per heavy atom. The fourth-order valence-corrected chi connectivity index (χ4v) is 2.65. The van der Waals surface area contributed by atoms with E-state index in [1.807, 2.05) is 6.92 Å². The van der Waals surface area contributed by atoms with Crippen LogP contribution in [-0.2, 0) is 0 Å². The molecular weight excluding hydrogens is 266 g/mol. The molecule has 5 heteroatoms. The number of nitrogens with zero attached hydrogens (tertiary/aromatic N) is 2. The van der Waals surface area contributed by atoms with Crippen LogP contribution in [0.5, 0.6) is 0 Å². The van der Waals surface area contributed by atoms with Crippen molar-refractivity contribution in [2.75, 3.05) is 18.4 Å². The van der Waals surface area contributed by atoms with Crippen molar-refractivity contribution >= 4 is 11.8 Å². The highest BCUT2D eigenvalue weighted by atomic mass is 16.4. The maximum absolute atomic E-state index is 11.4. The molecule has 2 N–H and O–H groups in total. The van der Waals surface area contributed by atoms with Crippen molar-refractivity contribution in [1.29, 1.82) is 0 Å². The Morgan fingerprint density at radius 1 is 1.29 bits per heavy atom. The molecule has 0 bridgehead atoms. The molecule has 0 saturated carbocycles. The van der Waals surface area contributed by atoms with E-state index in [1.165, 1.54) is 0 Å². The topological polar surface area (TPSA) is 65.5 Å². The average molecular weight is 293 g/mol. The van der Waals surface area contributed by atoms with Gasteiger partial charge in [0.25, 0.3) is 0 Å². The van der Waals surface area contributed by atoms with Gasteiger partial charge in [0.05, 0.1) is 0 Å². The average Bonchev–Trinajstić information content (AvgIpc) is 2.31. The third kappa shape index (κ3) is 4.70. The second-order valence-corrected chi connectivity index (χ2v) is 5.96. The summed E-state index contributed by atoms with van der Waals surface area (Å²) in [4.78, 5) is 18.1. The van der Waals surface area contributed by atoms with Gasteiger partial charge in [-0.2, -0.15) is 0 Å². The summed E-state index contributed by atoms with van der Waals surface area (Å²) in [5.41, 5.74) is 1.83. The molecule has 0 fully saturated rings. The molecule has 0 radical (unpaired) electrons. The van der Waals surface area contributed by atoms with Crippen molar-refractivity contribution in [3.8, 4) is 0 Å². The molecule has 1 heterocycles. The number of carboxylic acids is 1. The number of aromatic carboxylic acids is 1. The molecule has 0 aliphatic carbocycles. The predicted octanol–water partition coefficient (Wildman–Crippen LogP) is 2.93. The highest BCUT2D eigenvalue weighted by molar-refractivity contribution is 5.94. The van der Waals surface area contributed by atoms with Gasteiger partial charge in [-0.25, -0.2) is 9.78 Å². The van der Waals surface area contributed by atoms with Gasteiger partial charge >= 0.3 is 5.97 Å². The Bertz CT molecular complexity index is 491. The summed E-state index contributed by atoms with van der Waals surface area (Å²) in [5.74, 6) is -0.473. The molecule has 5 nitrogen and oxygen atoms in total. The number of anilines is 1. The minimum absolute atomic E-state index is 0.265. The molecule has 1 aromatic heterocycles. The van der Waals surface area contributed by atoms with E-state index >= 15 is 0 Å². The predicted molar refractivity (Wildman–Crippen MR) is 86.1 cm³/mol. The van der Waals surface area contributed by atoms with E-state index in [0.717, 1.165) is 17.8 Å². The van der Waals surface area contributed by atoms with Crippen LogP contribution in [0.2, 0.25) is 0 Å². The first-order chi connectivity index (χ1) is 9.73. The second kappa shape index (κ2) is 7.41. The molecule has 0 spiro atoms. The van der Waals surface area contributed by atoms with Crippen molar-refractivity contribution in [2.24, 2.45) is 0 Å². The number of pyridine rings is 1. The van der Waals surface area contributed by atoms with Crippen molar-refractivity contribution in [3.63, 3.8) is 0 Å². The monoisotopic (exact) mass is 293 g/mol. The van der Waals surface area contributed by atoms with Gasteiger partial charge in [0.15, 0.2) is 0 Å². The van der Waals surface area contributed by atoms with Crippen LogP contribution in [0.3, 0.4) is 0 Å². The van der Waals surface area contributed by atoms with E-state index in [2.05, 4.69) is 42.9 Å². The molecule has 0 aliphatic heterocycles. The summed E-state index contributed by atoms with van der Waals surface area (Å²) in [6.45, 7) is 13.9. The number of hydrogen-bond donors (Lipinski definition) is 2. The second-order valence-electron chi connectivity index (χ2n) is 5.96. The highest BCUT2D eigenvalue weighted by Gasteiger charge is 2.17. The van der Waals surface area contributed by atoms with Crippen LogP contribution in [0, 0.1) is 13.8 Å². The van der Waals surface area contributed by atoms with Crippen molar-refractivity contribution in [1.82, 2.24) is 9.88 Å². The van der Waals surface area contributed by atoms with E-state index in [0.29, 0.717) is 24.4 Å². The first kappa shape index (κ1) is 17.4. The summed E-state index contributed by atoms with van der Waals surface area (Å²) in [5, 5.41) is 12.5. The lowest BCUT2D eigenvalue weighted by molar-refractivity contribution is 0.0696. The zero-order valence-corrected chi connectivity index (χ0v) is 13.9. The number of carboxylic acid groups (broad SMARTS) is 1. The Hall–Kier alpha value is -1.62. The number of carbonyl (C=O) groups is 1. The molecule has 21 heavy (non-hydrogen) atoms. The van der Waals surface area contributed by atoms with Gasteiger partial charge in [-0.3, -0.25) is 4.90 Å². The van der Waals surface area contributed by atoms with Gasteiger partial charge in [0.2, 0.25) is 0 Å². The maximum Gasteiger partial charge on any atom is 0.339 e. The minimum Gasteiger partial charge on any atom is -0.478 e. The van der Waals surface area contributed by atoms with E-state index in [-0.39, 0.29) is 5.56 Å². The number of aryl methyl sites for hydroxylation is 2. The Balaban J connectivity index is 2.82. The highest BCUT2D eigenvalue weighted by Crippen LogP contribution is 2.18. The molecular formula is C16H27N3O2. The van der Waals surface area contributed by atoms with Crippen LogP contribution in [-0.4, -0.2) is 46.1 Å². The summed E-state index contributed by atoms with van der Waals surface area (Å²) >= 11 is 0. The van der Waals surface area contributed by atoms with Crippen molar-refractivity contribution in [3.05, 3.63) is 22.9 Å². The molecule has 0 amide bonds. The Kier molecular flexibility index (Phi) is 6.15. The van der Waals surface area contributed by atoms with Crippen molar-refractivity contribution < 1.29 is 9.90 Å². The Morgan fingerprint density at radius 3 is 2.33 bits per heavy atom. The zero-order valence-electron chi connectivity index (χ0n) is 13.9. The normalized spacial score (nSPS) is 11.5. The lowest BCUT2D eigenvalue weighted by atomic mass is 10.1. The molecule has 0 unspecified atom stereocenters. The van der Waals surface area contributed by atoms with E-state index < -0.39 is 5.97 Å². The minimum atomic E-state index is -0.938. The fraction of sp³-hybridized carbons (Fsp3) is 0.625. The third-order valence-electron chi connectivity index (χ3n) is 3.55. The van der Waals surface area contributed by atoms with E-state index in [4.69, 9.17) is 0 Å². The van der Waals surface area contributed by atoms with E-state index in [9.17, 15) is 9.90 Å². The maximum atomic E-state index is 11.4. The summed E-state index contributed by atoms with van der Waals surface area (Å²) in [7, 11) is 0. The number of rotatable bonds is 7. The molecule has 1 rings (SSSR count). The first-order valence-electron chi connectivity index (χ1n) is 7.45. The van der Waals surface area contributed by atoms with Gasteiger partial charge in [-0.05, 0) is 53.2 Å². The SMILES string of the molecule is Cc1cc(C)c(C(=O)O)c(NCCN(C(C)C)C(C)C)n1. The van der Waals surface area contributed by atoms with Crippen LogP contribution < -0.4 is 5.32 Å². The lowest BCUT2D eigenvalue weighted by Crippen LogP contribution is -2.40. The van der Waals surface area contributed by atoms with Gasteiger partial charge in [0.1, 0.15) is 11.4 Å². The van der Waals surface area contributed by atoms with Gasteiger partial charge in [-0.15, -0.1) is 0 Å².